The number of benzene rings is 3. The minimum atomic E-state index is -0.705. The van der Waals surface area contributed by atoms with Gasteiger partial charge in [0.25, 0.3) is 5.56 Å². The number of hydrogen-bond acceptors (Lipinski definition) is 5. The number of esters is 1. The molecule has 3 aromatic carbocycles. The normalized spacial score (nSPS) is 11.8. The molecule has 0 amide bonds. The van der Waals surface area contributed by atoms with Crippen molar-refractivity contribution < 1.29 is 14.3 Å². The lowest BCUT2D eigenvalue weighted by molar-refractivity contribution is 0.0320. The van der Waals surface area contributed by atoms with Gasteiger partial charge in [0, 0.05) is 0 Å². The van der Waals surface area contributed by atoms with Gasteiger partial charge in [0.15, 0.2) is 11.9 Å². The Morgan fingerprint density at radius 2 is 1.67 bits per heavy atom. The van der Waals surface area contributed by atoms with Crippen LogP contribution in [0.2, 0.25) is 0 Å². The molecule has 0 spiro atoms. The summed E-state index contributed by atoms with van der Waals surface area (Å²) in [6.07, 6.45) is -0.705. The van der Waals surface area contributed by atoms with Gasteiger partial charge in [0.2, 0.25) is 0 Å². The molecule has 1 N–H and O–H groups in total. The number of aromatic nitrogens is 2. The van der Waals surface area contributed by atoms with Crippen LogP contribution >= 0.6 is 0 Å². The van der Waals surface area contributed by atoms with Crippen LogP contribution in [0.1, 0.15) is 34.8 Å². The molecule has 0 fully saturated rings. The second-order valence-electron chi connectivity index (χ2n) is 6.81. The number of carbonyl (C=O) groups is 1. The van der Waals surface area contributed by atoms with Gasteiger partial charge in [0.1, 0.15) is 12.4 Å². The van der Waals surface area contributed by atoms with Crippen LogP contribution in [0.25, 0.3) is 10.9 Å². The molecule has 30 heavy (non-hydrogen) atoms. The van der Waals surface area contributed by atoms with Gasteiger partial charge in [-0.25, -0.2) is 9.78 Å². The standard InChI is InChI=1S/C24H20N2O4/c1-16(22-25-21-10-6-5-9-20(21)23(27)26-22)30-24(28)18-11-13-19(14-12-18)29-15-17-7-3-2-4-8-17/h2-14,16H,15H2,1H3,(H,25,26,27)/t16-/m1/s1. The molecular formula is C24H20N2O4. The summed E-state index contributed by atoms with van der Waals surface area (Å²) in [5, 5.41) is 0.492. The van der Waals surface area contributed by atoms with Crippen molar-refractivity contribution >= 4 is 16.9 Å². The molecule has 4 aromatic rings. The summed E-state index contributed by atoms with van der Waals surface area (Å²) in [5.41, 5.74) is 1.74. The lowest BCUT2D eigenvalue weighted by Gasteiger charge is -2.13. The highest BCUT2D eigenvalue weighted by molar-refractivity contribution is 5.89. The third-order valence-electron chi connectivity index (χ3n) is 4.64. The van der Waals surface area contributed by atoms with Crippen LogP contribution in [0.4, 0.5) is 0 Å². The van der Waals surface area contributed by atoms with E-state index in [9.17, 15) is 9.59 Å². The molecule has 6 heteroatoms. The predicted octanol–water partition coefficient (Wildman–Crippen LogP) is 4.42. The lowest BCUT2D eigenvalue weighted by Crippen LogP contribution is -2.17. The Balaban J connectivity index is 1.41. The first-order valence-electron chi connectivity index (χ1n) is 9.57. The average molecular weight is 400 g/mol. The van der Waals surface area contributed by atoms with Crippen LogP contribution in [-0.4, -0.2) is 15.9 Å². The Labute approximate surface area is 173 Å². The molecular weight excluding hydrogens is 380 g/mol. The summed E-state index contributed by atoms with van der Waals surface area (Å²) < 4.78 is 11.2. The van der Waals surface area contributed by atoms with E-state index in [1.54, 1.807) is 55.5 Å². The maximum Gasteiger partial charge on any atom is 0.338 e. The molecule has 1 heterocycles. The Hall–Kier alpha value is -3.93. The summed E-state index contributed by atoms with van der Waals surface area (Å²) in [4.78, 5) is 31.8. The molecule has 1 atom stereocenters. The maximum absolute atomic E-state index is 12.5. The summed E-state index contributed by atoms with van der Waals surface area (Å²) >= 11 is 0. The Bertz CT molecular complexity index is 1220. The van der Waals surface area contributed by atoms with E-state index < -0.39 is 12.1 Å². The molecule has 0 aliphatic heterocycles. The number of fused-ring (bicyclic) bond motifs is 1. The van der Waals surface area contributed by atoms with Crippen molar-refractivity contribution in [1.29, 1.82) is 0 Å². The number of rotatable bonds is 6. The maximum atomic E-state index is 12.5. The second kappa shape index (κ2) is 8.61. The van der Waals surface area contributed by atoms with E-state index in [4.69, 9.17) is 9.47 Å². The van der Waals surface area contributed by atoms with Crippen molar-refractivity contribution in [2.24, 2.45) is 0 Å². The monoisotopic (exact) mass is 400 g/mol. The van der Waals surface area contributed by atoms with Crippen molar-refractivity contribution in [3.8, 4) is 5.75 Å². The number of aromatic amines is 1. The highest BCUT2D eigenvalue weighted by Crippen LogP contribution is 2.19. The number of carbonyl (C=O) groups excluding carboxylic acids is 1. The van der Waals surface area contributed by atoms with Crippen molar-refractivity contribution in [2.75, 3.05) is 0 Å². The minimum Gasteiger partial charge on any atom is -0.489 e. The van der Waals surface area contributed by atoms with E-state index in [-0.39, 0.29) is 5.56 Å². The Morgan fingerprint density at radius 1 is 0.967 bits per heavy atom. The zero-order chi connectivity index (χ0) is 20.9. The third-order valence-corrected chi connectivity index (χ3v) is 4.64. The first-order chi connectivity index (χ1) is 14.6. The first-order valence-corrected chi connectivity index (χ1v) is 9.57. The van der Waals surface area contributed by atoms with Gasteiger partial charge in [-0.2, -0.15) is 0 Å². The van der Waals surface area contributed by atoms with Gasteiger partial charge in [-0.1, -0.05) is 42.5 Å². The molecule has 0 aliphatic carbocycles. The minimum absolute atomic E-state index is 0.265. The highest BCUT2D eigenvalue weighted by Gasteiger charge is 2.17. The van der Waals surface area contributed by atoms with Crippen molar-refractivity contribution in [3.63, 3.8) is 0 Å². The quantitative estimate of drug-likeness (QED) is 0.485. The summed E-state index contributed by atoms with van der Waals surface area (Å²) in [6.45, 7) is 2.12. The fraction of sp³-hybridized carbons (Fsp3) is 0.125. The van der Waals surface area contributed by atoms with Crippen molar-refractivity contribution in [2.45, 2.75) is 19.6 Å². The molecule has 0 saturated carbocycles. The molecule has 0 bridgehead atoms. The highest BCUT2D eigenvalue weighted by atomic mass is 16.5. The largest absolute Gasteiger partial charge is 0.489 e. The van der Waals surface area contributed by atoms with Crippen LogP contribution in [0, 0.1) is 0 Å². The number of H-pyrrole nitrogens is 1. The Morgan fingerprint density at radius 3 is 2.43 bits per heavy atom. The fourth-order valence-corrected chi connectivity index (χ4v) is 3.01. The Kier molecular flexibility index (Phi) is 5.57. The topological polar surface area (TPSA) is 81.3 Å². The van der Waals surface area contributed by atoms with E-state index in [1.807, 2.05) is 30.3 Å². The van der Waals surface area contributed by atoms with Crippen molar-refractivity contribution in [1.82, 2.24) is 9.97 Å². The number of hydrogen-bond donors (Lipinski definition) is 1. The SMILES string of the molecule is C[C@@H](OC(=O)c1ccc(OCc2ccccc2)cc1)c1nc2ccccc2c(=O)[nH]1. The average Bonchev–Trinajstić information content (AvgIpc) is 2.78. The fourth-order valence-electron chi connectivity index (χ4n) is 3.01. The van der Waals surface area contributed by atoms with Gasteiger partial charge in [-0.3, -0.25) is 4.79 Å². The second-order valence-corrected chi connectivity index (χ2v) is 6.81. The third kappa shape index (κ3) is 4.38. The zero-order valence-electron chi connectivity index (χ0n) is 16.4. The summed E-state index contributed by atoms with van der Waals surface area (Å²) in [5.74, 6) is 0.451. The molecule has 0 unspecified atom stereocenters. The van der Waals surface area contributed by atoms with E-state index in [0.717, 1.165) is 5.56 Å². The predicted molar refractivity (Wildman–Crippen MR) is 113 cm³/mol. The van der Waals surface area contributed by atoms with Crippen molar-refractivity contribution in [3.05, 3.63) is 106 Å². The van der Waals surface area contributed by atoms with Crippen LogP contribution in [0.15, 0.2) is 83.7 Å². The number of nitrogens with one attached hydrogen (secondary N) is 1. The molecule has 6 nitrogen and oxygen atoms in total. The zero-order valence-corrected chi connectivity index (χ0v) is 16.4. The summed E-state index contributed by atoms with van der Waals surface area (Å²) in [7, 11) is 0. The van der Waals surface area contributed by atoms with Crippen LogP contribution in [-0.2, 0) is 11.3 Å². The molecule has 150 valence electrons. The smallest absolute Gasteiger partial charge is 0.338 e. The summed E-state index contributed by atoms with van der Waals surface area (Å²) in [6, 6.07) is 23.6. The van der Waals surface area contributed by atoms with E-state index >= 15 is 0 Å². The molecule has 0 saturated heterocycles. The number of nitrogens with zero attached hydrogens (tertiary/aromatic N) is 1. The van der Waals surface area contributed by atoms with Crippen LogP contribution in [0.3, 0.4) is 0 Å². The van der Waals surface area contributed by atoms with E-state index in [2.05, 4.69) is 9.97 Å². The van der Waals surface area contributed by atoms with Gasteiger partial charge in [-0.15, -0.1) is 0 Å². The molecule has 0 radical (unpaired) electrons. The lowest BCUT2D eigenvalue weighted by atomic mass is 10.2. The van der Waals surface area contributed by atoms with Gasteiger partial charge in [-0.05, 0) is 48.9 Å². The molecule has 0 aliphatic rings. The molecule has 4 rings (SSSR count). The van der Waals surface area contributed by atoms with Crippen LogP contribution < -0.4 is 10.3 Å². The number of para-hydroxylation sites is 1. The first kappa shape index (κ1) is 19.4. The molecule has 1 aromatic heterocycles. The van der Waals surface area contributed by atoms with E-state index in [0.29, 0.717) is 34.6 Å². The van der Waals surface area contributed by atoms with Crippen LogP contribution in [0.5, 0.6) is 5.75 Å². The van der Waals surface area contributed by atoms with E-state index in [1.165, 1.54) is 0 Å². The number of ether oxygens (including phenoxy) is 2. The van der Waals surface area contributed by atoms with Gasteiger partial charge in [0.05, 0.1) is 16.5 Å². The van der Waals surface area contributed by atoms with Gasteiger partial charge < -0.3 is 14.5 Å². The van der Waals surface area contributed by atoms with Gasteiger partial charge >= 0.3 is 5.97 Å².